The lowest BCUT2D eigenvalue weighted by Gasteiger charge is -2.43. The Morgan fingerprint density at radius 1 is 1.25 bits per heavy atom. The van der Waals surface area contributed by atoms with Crippen molar-refractivity contribution in [3.05, 3.63) is 24.0 Å². The molecule has 20 heavy (non-hydrogen) atoms. The predicted octanol–water partition coefficient (Wildman–Crippen LogP) is 0.419. The van der Waals surface area contributed by atoms with Gasteiger partial charge in [0, 0.05) is 13.5 Å². The molecular weight excluding hydrogens is 264 g/mol. The topological polar surface area (TPSA) is 78.9 Å². The molecule has 0 amide bonds. The summed E-state index contributed by atoms with van der Waals surface area (Å²) in [7, 11) is 4.03. The van der Waals surface area contributed by atoms with Crippen LogP contribution in [0.2, 0.25) is 0 Å². The van der Waals surface area contributed by atoms with Crippen LogP contribution in [-0.2, 0) is 28.6 Å². The van der Waals surface area contributed by atoms with Crippen molar-refractivity contribution in [2.75, 3.05) is 21.3 Å². The number of esters is 1. The minimum atomic E-state index is -1.66. The summed E-state index contributed by atoms with van der Waals surface area (Å²) in [5.74, 6) is -1.90. The summed E-state index contributed by atoms with van der Waals surface area (Å²) in [4.78, 5) is 36.8. The van der Waals surface area contributed by atoms with Gasteiger partial charge >= 0.3 is 5.97 Å². The molecule has 108 valence electrons. The lowest BCUT2D eigenvalue weighted by Crippen LogP contribution is -2.59. The number of rotatable bonds is 3. The highest BCUT2D eigenvalue weighted by Crippen LogP contribution is 2.46. The molecule has 0 radical (unpaired) electrons. The number of ketones is 2. The first-order chi connectivity index (χ1) is 9.52. The Labute approximate surface area is 116 Å². The third-order valence-corrected chi connectivity index (χ3v) is 3.93. The van der Waals surface area contributed by atoms with Gasteiger partial charge in [0.1, 0.15) is 6.10 Å². The molecule has 0 bridgehead atoms. The average molecular weight is 280 g/mol. The maximum atomic E-state index is 12.4. The predicted molar refractivity (Wildman–Crippen MR) is 67.6 cm³/mol. The monoisotopic (exact) mass is 280 g/mol. The summed E-state index contributed by atoms with van der Waals surface area (Å²) in [6.07, 6.45) is 3.13. The Morgan fingerprint density at radius 2 is 1.95 bits per heavy atom. The van der Waals surface area contributed by atoms with Gasteiger partial charge in [0.15, 0.2) is 17.0 Å². The molecule has 0 N–H and O–H groups in total. The molecule has 2 rings (SSSR count). The van der Waals surface area contributed by atoms with Crippen molar-refractivity contribution in [3.8, 4) is 0 Å². The lowest BCUT2D eigenvalue weighted by atomic mass is 9.60. The molecule has 0 aromatic carbocycles. The summed E-state index contributed by atoms with van der Waals surface area (Å²) in [5, 5.41) is 0. The van der Waals surface area contributed by atoms with Crippen molar-refractivity contribution in [2.45, 2.75) is 12.5 Å². The molecule has 0 fully saturated rings. The van der Waals surface area contributed by atoms with E-state index < -0.39 is 29.2 Å². The van der Waals surface area contributed by atoms with Gasteiger partial charge in [-0.3, -0.25) is 14.4 Å². The van der Waals surface area contributed by atoms with Crippen LogP contribution >= 0.6 is 0 Å². The standard InChI is InChI=1S/C14H16O6/c1-18-8-6-9-10(15)4-5-11(16)14(9,13(17)20-3)12(7-8)19-2/h4-5,7,9,12H,6H2,1-3H3/t9-,12-,14+/m0/s1. The molecule has 0 saturated carbocycles. The van der Waals surface area contributed by atoms with Crippen LogP contribution in [0.15, 0.2) is 24.0 Å². The molecule has 0 spiro atoms. The van der Waals surface area contributed by atoms with Gasteiger partial charge in [0.05, 0.1) is 25.9 Å². The van der Waals surface area contributed by atoms with E-state index in [1.54, 1.807) is 6.08 Å². The Kier molecular flexibility index (Phi) is 3.76. The van der Waals surface area contributed by atoms with Crippen LogP contribution in [0.3, 0.4) is 0 Å². The average Bonchev–Trinajstić information content (AvgIpc) is 2.48. The van der Waals surface area contributed by atoms with E-state index in [0.29, 0.717) is 5.76 Å². The molecule has 3 atom stereocenters. The van der Waals surface area contributed by atoms with Crippen molar-refractivity contribution in [3.63, 3.8) is 0 Å². The molecule has 0 aliphatic heterocycles. The van der Waals surface area contributed by atoms with E-state index in [1.165, 1.54) is 27.4 Å². The van der Waals surface area contributed by atoms with Crippen molar-refractivity contribution >= 4 is 17.5 Å². The number of fused-ring (bicyclic) bond motifs is 1. The number of methoxy groups -OCH3 is 3. The first-order valence-electron chi connectivity index (χ1n) is 6.14. The fourth-order valence-corrected chi connectivity index (χ4v) is 2.91. The zero-order valence-corrected chi connectivity index (χ0v) is 11.5. The van der Waals surface area contributed by atoms with Crippen LogP contribution in [0, 0.1) is 11.3 Å². The Morgan fingerprint density at radius 3 is 2.50 bits per heavy atom. The first kappa shape index (κ1) is 14.5. The summed E-state index contributed by atoms with van der Waals surface area (Å²) in [6.45, 7) is 0. The highest BCUT2D eigenvalue weighted by Gasteiger charge is 2.62. The van der Waals surface area contributed by atoms with Crippen molar-refractivity contribution < 1.29 is 28.6 Å². The molecule has 0 aromatic heterocycles. The second-order valence-corrected chi connectivity index (χ2v) is 4.71. The van der Waals surface area contributed by atoms with E-state index in [0.717, 1.165) is 6.08 Å². The Balaban J connectivity index is 2.65. The lowest BCUT2D eigenvalue weighted by molar-refractivity contribution is -0.174. The number of ether oxygens (including phenoxy) is 3. The molecular formula is C14H16O6. The Hall–Kier alpha value is -1.95. The van der Waals surface area contributed by atoms with Crippen molar-refractivity contribution in [1.29, 1.82) is 0 Å². The third kappa shape index (κ3) is 1.79. The SMILES string of the molecule is COC(=O)[C@@]12C(=O)C=CC(=O)[C@@H]1CC(OC)=C[C@@H]2OC. The molecule has 2 aliphatic carbocycles. The summed E-state index contributed by atoms with van der Waals surface area (Å²) in [5.41, 5.74) is -1.66. The number of carbonyl (C=O) groups is 3. The second kappa shape index (κ2) is 5.20. The maximum Gasteiger partial charge on any atom is 0.323 e. The summed E-state index contributed by atoms with van der Waals surface area (Å²) in [6, 6.07) is 0. The van der Waals surface area contributed by atoms with Crippen molar-refractivity contribution in [1.82, 2.24) is 0 Å². The van der Waals surface area contributed by atoms with E-state index >= 15 is 0 Å². The first-order valence-corrected chi connectivity index (χ1v) is 6.14. The van der Waals surface area contributed by atoms with Gasteiger partial charge < -0.3 is 14.2 Å². The third-order valence-electron chi connectivity index (χ3n) is 3.93. The molecule has 6 nitrogen and oxygen atoms in total. The maximum absolute atomic E-state index is 12.4. The van der Waals surface area contributed by atoms with Crippen LogP contribution in [0.4, 0.5) is 0 Å². The van der Waals surface area contributed by atoms with Gasteiger partial charge in [0.25, 0.3) is 0 Å². The van der Waals surface area contributed by atoms with E-state index in [1.807, 2.05) is 0 Å². The van der Waals surface area contributed by atoms with Gasteiger partial charge in [-0.2, -0.15) is 0 Å². The van der Waals surface area contributed by atoms with E-state index in [-0.39, 0.29) is 12.2 Å². The fraction of sp³-hybridized carbons (Fsp3) is 0.500. The smallest absolute Gasteiger partial charge is 0.323 e. The molecule has 0 saturated heterocycles. The normalized spacial score (nSPS) is 32.5. The molecule has 2 aliphatic rings. The molecule has 0 unspecified atom stereocenters. The zero-order chi connectivity index (χ0) is 14.9. The number of hydrogen-bond donors (Lipinski definition) is 0. The number of hydrogen-bond acceptors (Lipinski definition) is 6. The van der Waals surface area contributed by atoms with Gasteiger partial charge in [-0.05, 0) is 18.2 Å². The molecule has 6 heteroatoms. The van der Waals surface area contributed by atoms with Crippen molar-refractivity contribution in [2.24, 2.45) is 11.3 Å². The highest BCUT2D eigenvalue weighted by atomic mass is 16.5. The number of carbonyl (C=O) groups excluding carboxylic acids is 3. The second-order valence-electron chi connectivity index (χ2n) is 4.71. The van der Waals surface area contributed by atoms with Crippen LogP contribution in [0.25, 0.3) is 0 Å². The minimum absolute atomic E-state index is 0.167. The number of allylic oxidation sites excluding steroid dienone is 3. The van der Waals surface area contributed by atoms with E-state index in [9.17, 15) is 14.4 Å². The van der Waals surface area contributed by atoms with E-state index in [4.69, 9.17) is 14.2 Å². The highest BCUT2D eigenvalue weighted by molar-refractivity contribution is 6.19. The molecule has 0 heterocycles. The van der Waals surface area contributed by atoms with Crippen LogP contribution in [0.5, 0.6) is 0 Å². The van der Waals surface area contributed by atoms with Gasteiger partial charge in [-0.25, -0.2) is 0 Å². The summed E-state index contributed by atoms with van der Waals surface area (Å²) < 4.78 is 15.2. The van der Waals surface area contributed by atoms with E-state index in [2.05, 4.69) is 0 Å². The van der Waals surface area contributed by atoms with Crippen LogP contribution in [-0.4, -0.2) is 45.0 Å². The largest absolute Gasteiger partial charge is 0.501 e. The molecule has 0 aromatic rings. The quantitative estimate of drug-likeness (QED) is 0.550. The summed E-state index contributed by atoms with van der Waals surface area (Å²) >= 11 is 0. The fourth-order valence-electron chi connectivity index (χ4n) is 2.91. The van der Waals surface area contributed by atoms with Crippen LogP contribution < -0.4 is 0 Å². The van der Waals surface area contributed by atoms with Gasteiger partial charge in [-0.15, -0.1) is 0 Å². The minimum Gasteiger partial charge on any atom is -0.501 e. The van der Waals surface area contributed by atoms with Gasteiger partial charge in [-0.1, -0.05) is 0 Å². The zero-order valence-electron chi connectivity index (χ0n) is 11.5. The van der Waals surface area contributed by atoms with Gasteiger partial charge in [0.2, 0.25) is 0 Å². The van der Waals surface area contributed by atoms with Crippen LogP contribution in [0.1, 0.15) is 6.42 Å². The Bertz CT molecular complexity index is 518.